The minimum Gasteiger partial charge on any atom is -0.497 e. The van der Waals surface area contributed by atoms with Crippen molar-refractivity contribution >= 4 is 29.2 Å². The van der Waals surface area contributed by atoms with Crippen molar-refractivity contribution in [2.75, 3.05) is 56.2 Å². The zero-order chi connectivity index (χ0) is 24.0. The van der Waals surface area contributed by atoms with Gasteiger partial charge in [-0.3, -0.25) is 4.79 Å². The van der Waals surface area contributed by atoms with E-state index in [1.807, 2.05) is 30.3 Å². The highest BCUT2D eigenvalue weighted by atomic mass is 32.2. The number of nitrogens with zero attached hydrogens (tertiary/aromatic N) is 5. The fourth-order valence-corrected chi connectivity index (χ4v) is 5.68. The number of piperazine rings is 1. The largest absolute Gasteiger partial charge is 0.497 e. The summed E-state index contributed by atoms with van der Waals surface area (Å²) in [6.07, 6.45) is 5.20. The minimum atomic E-state index is 0.0840. The number of amides is 1. The third-order valence-electron chi connectivity index (χ3n) is 6.78. The number of methoxy groups -OCH3 is 1. The first-order valence-electron chi connectivity index (χ1n) is 12.2. The number of ether oxygens (including phenoxy) is 1. The van der Waals surface area contributed by atoms with Crippen molar-refractivity contribution < 1.29 is 9.53 Å². The number of piperidine rings is 1. The lowest BCUT2D eigenvalue weighted by Crippen LogP contribution is -2.51. The fraction of sp³-hybridized carbons (Fsp3) is 0.370. The van der Waals surface area contributed by atoms with Gasteiger partial charge in [-0.1, -0.05) is 30.0 Å². The van der Waals surface area contributed by atoms with E-state index in [4.69, 9.17) is 4.74 Å². The van der Waals surface area contributed by atoms with E-state index < -0.39 is 0 Å². The van der Waals surface area contributed by atoms with Crippen molar-refractivity contribution in [3.8, 4) is 5.75 Å². The third-order valence-corrected chi connectivity index (χ3v) is 7.77. The SMILES string of the molecule is COc1ccc(N2CCN(C(=O)C3CCN(c4nccnc4Sc4ccccc4)CC3)CC2)cc1. The Morgan fingerprint density at radius 3 is 2.23 bits per heavy atom. The molecular weight excluding hydrogens is 458 g/mol. The first-order chi connectivity index (χ1) is 17.2. The molecule has 0 N–H and O–H groups in total. The van der Waals surface area contributed by atoms with Crippen LogP contribution in [0.4, 0.5) is 11.5 Å². The van der Waals surface area contributed by atoms with Gasteiger partial charge in [0, 0.05) is 68.2 Å². The Labute approximate surface area is 211 Å². The van der Waals surface area contributed by atoms with Crippen molar-refractivity contribution in [2.24, 2.45) is 5.92 Å². The second-order valence-corrected chi connectivity index (χ2v) is 9.93. The number of benzene rings is 2. The molecule has 1 aromatic heterocycles. The molecule has 5 rings (SSSR count). The Morgan fingerprint density at radius 1 is 0.857 bits per heavy atom. The van der Waals surface area contributed by atoms with E-state index in [9.17, 15) is 4.79 Å². The van der Waals surface area contributed by atoms with Gasteiger partial charge in [0.25, 0.3) is 0 Å². The van der Waals surface area contributed by atoms with Gasteiger partial charge in [0.05, 0.1) is 7.11 Å². The van der Waals surface area contributed by atoms with Crippen LogP contribution in [-0.4, -0.2) is 67.2 Å². The smallest absolute Gasteiger partial charge is 0.225 e. The van der Waals surface area contributed by atoms with Gasteiger partial charge in [-0.15, -0.1) is 0 Å². The predicted molar refractivity (Wildman–Crippen MR) is 139 cm³/mol. The van der Waals surface area contributed by atoms with Crippen molar-refractivity contribution in [3.63, 3.8) is 0 Å². The molecule has 35 heavy (non-hydrogen) atoms. The third kappa shape index (κ3) is 5.53. The fourth-order valence-electron chi connectivity index (χ4n) is 4.78. The Balaban J connectivity index is 1.14. The monoisotopic (exact) mass is 489 g/mol. The molecule has 0 spiro atoms. The Bertz CT molecular complexity index is 1110. The summed E-state index contributed by atoms with van der Waals surface area (Å²) in [6, 6.07) is 18.4. The molecule has 0 unspecified atom stereocenters. The normalized spacial score (nSPS) is 16.9. The van der Waals surface area contributed by atoms with E-state index >= 15 is 0 Å². The maximum absolute atomic E-state index is 13.3. The predicted octanol–water partition coefficient (Wildman–Crippen LogP) is 4.20. The summed E-state index contributed by atoms with van der Waals surface area (Å²) in [7, 11) is 1.68. The standard InChI is InChI=1S/C27H31N5O2S/c1-34-23-9-7-22(8-10-23)30-17-19-32(20-18-30)27(33)21-11-15-31(16-12-21)25-26(29-14-13-28-25)35-24-5-3-2-4-6-24/h2-10,13-14,21H,11-12,15-20H2,1H3. The maximum Gasteiger partial charge on any atom is 0.225 e. The van der Waals surface area contributed by atoms with Gasteiger partial charge in [0.15, 0.2) is 5.82 Å². The van der Waals surface area contributed by atoms with Crippen molar-refractivity contribution in [3.05, 3.63) is 67.0 Å². The molecule has 2 fully saturated rings. The van der Waals surface area contributed by atoms with Crippen LogP contribution in [0.25, 0.3) is 0 Å². The lowest BCUT2D eigenvalue weighted by atomic mass is 9.95. The quantitative estimate of drug-likeness (QED) is 0.514. The number of anilines is 2. The second-order valence-electron chi connectivity index (χ2n) is 8.87. The van der Waals surface area contributed by atoms with Crippen molar-refractivity contribution in [1.29, 1.82) is 0 Å². The van der Waals surface area contributed by atoms with E-state index in [0.717, 1.165) is 73.6 Å². The first-order valence-corrected chi connectivity index (χ1v) is 13.0. The zero-order valence-electron chi connectivity index (χ0n) is 20.0. The molecule has 0 aliphatic carbocycles. The average Bonchev–Trinajstić information content (AvgIpc) is 2.94. The molecule has 7 nitrogen and oxygen atoms in total. The Hall–Kier alpha value is -3.26. The number of carbonyl (C=O) groups excluding carboxylic acids is 1. The highest BCUT2D eigenvalue weighted by molar-refractivity contribution is 7.99. The summed E-state index contributed by atoms with van der Waals surface area (Å²) in [6.45, 7) is 4.90. The topological polar surface area (TPSA) is 61.8 Å². The molecule has 0 radical (unpaired) electrons. The molecule has 0 atom stereocenters. The van der Waals surface area contributed by atoms with Gasteiger partial charge in [-0.05, 0) is 49.2 Å². The summed E-state index contributed by atoms with van der Waals surface area (Å²) < 4.78 is 5.26. The number of aromatic nitrogens is 2. The molecule has 182 valence electrons. The van der Waals surface area contributed by atoms with Crippen LogP contribution in [0.5, 0.6) is 5.75 Å². The molecule has 0 bridgehead atoms. The van der Waals surface area contributed by atoms with E-state index in [2.05, 4.69) is 48.9 Å². The summed E-state index contributed by atoms with van der Waals surface area (Å²) in [5.74, 6) is 2.17. The highest BCUT2D eigenvalue weighted by Crippen LogP contribution is 2.34. The number of rotatable bonds is 6. The maximum atomic E-state index is 13.3. The molecule has 3 aromatic rings. The van der Waals surface area contributed by atoms with Crippen LogP contribution in [0.2, 0.25) is 0 Å². The number of hydrogen-bond acceptors (Lipinski definition) is 7. The van der Waals surface area contributed by atoms with E-state index in [1.54, 1.807) is 31.3 Å². The summed E-state index contributed by atoms with van der Waals surface area (Å²) in [5, 5.41) is 0.915. The van der Waals surface area contributed by atoms with Gasteiger partial charge < -0.3 is 19.4 Å². The molecule has 1 amide bonds. The van der Waals surface area contributed by atoms with Crippen molar-refractivity contribution in [2.45, 2.75) is 22.8 Å². The molecule has 2 saturated heterocycles. The highest BCUT2D eigenvalue weighted by Gasteiger charge is 2.31. The molecule has 2 aliphatic heterocycles. The van der Waals surface area contributed by atoms with E-state index in [1.165, 1.54) is 5.69 Å². The van der Waals surface area contributed by atoms with E-state index in [-0.39, 0.29) is 5.92 Å². The van der Waals surface area contributed by atoms with Crippen LogP contribution in [0.3, 0.4) is 0 Å². The Morgan fingerprint density at radius 2 is 1.54 bits per heavy atom. The average molecular weight is 490 g/mol. The summed E-state index contributed by atoms with van der Waals surface area (Å²) in [5.41, 5.74) is 1.18. The number of hydrogen-bond donors (Lipinski definition) is 0. The number of carbonyl (C=O) groups is 1. The molecule has 2 aromatic carbocycles. The first kappa shape index (κ1) is 23.5. The van der Waals surface area contributed by atoms with Crippen LogP contribution in [0.15, 0.2) is 76.9 Å². The van der Waals surface area contributed by atoms with Gasteiger partial charge >= 0.3 is 0 Å². The van der Waals surface area contributed by atoms with Crippen LogP contribution in [-0.2, 0) is 4.79 Å². The van der Waals surface area contributed by atoms with E-state index in [0.29, 0.717) is 5.91 Å². The Kier molecular flexibility index (Phi) is 7.37. The van der Waals surface area contributed by atoms with Gasteiger partial charge in [-0.25, -0.2) is 9.97 Å². The van der Waals surface area contributed by atoms with Crippen LogP contribution in [0, 0.1) is 5.92 Å². The molecule has 3 heterocycles. The lowest BCUT2D eigenvalue weighted by Gasteiger charge is -2.39. The van der Waals surface area contributed by atoms with Crippen LogP contribution in [0.1, 0.15) is 12.8 Å². The molecule has 0 saturated carbocycles. The molecule has 8 heteroatoms. The molecular formula is C27H31N5O2S. The van der Waals surface area contributed by atoms with Gasteiger partial charge in [0.1, 0.15) is 10.8 Å². The summed E-state index contributed by atoms with van der Waals surface area (Å²) in [4.78, 5) is 30.3. The summed E-state index contributed by atoms with van der Waals surface area (Å²) >= 11 is 1.64. The minimum absolute atomic E-state index is 0.0840. The van der Waals surface area contributed by atoms with Crippen molar-refractivity contribution in [1.82, 2.24) is 14.9 Å². The lowest BCUT2D eigenvalue weighted by molar-refractivity contribution is -0.136. The molecule has 2 aliphatic rings. The van der Waals surface area contributed by atoms with Crippen LogP contribution < -0.4 is 14.5 Å². The zero-order valence-corrected chi connectivity index (χ0v) is 20.9. The van der Waals surface area contributed by atoms with Gasteiger partial charge in [0.2, 0.25) is 5.91 Å². The second kappa shape index (κ2) is 11.0. The van der Waals surface area contributed by atoms with Gasteiger partial charge in [-0.2, -0.15) is 0 Å². The van der Waals surface area contributed by atoms with Crippen LogP contribution >= 0.6 is 11.8 Å².